The first-order valence-corrected chi connectivity index (χ1v) is 11.5. The minimum Gasteiger partial charge on any atom is -0.478 e. The standard InChI is InChI=1S/C25H22FNO4.C2H4O.C2H6/c1-27-24(28)15-6-17-4-11-21(12-5-17)31-22-13-7-19(8-14-22)23(25(29)30)16-18-2-9-20(26)10-3-18;1-2-3;1-2/h2-5,7-14,16H,6,15H2,1H3,(H,27,28)(H,29,30);2H,1H3;1-2H3/b23-16+;;. The Balaban J connectivity index is 0.00000120. The molecule has 0 aliphatic carbocycles. The molecule has 1 amide bonds. The number of carbonyl (C=O) groups excluding carboxylic acids is 2. The molecule has 0 saturated carbocycles. The summed E-state index contributed by atoms with van der Waals surface area (Å²) in [4.78, 5) is 31.8. The van der Waals surface area contributed by atoms with Crippen molar-refractivity contribution >= 4 is 29.8 Å². The molecule has 0 bridgehead atoms. The van der Waals surface area contributed by atoms with Crippen LogP contribution in [0, 0.1) is 5.82 Å². The van der Waals surface area contributed by atoms with Gasteiger partial charge in [0.2, 0.25) is 5.91 Å². The first-order valence-electron chi connectivity index (χ1n) is 11.5. The van der Waals surface area contributed by atoms with Crippen LogP contribution < -0.4 is 10.1 Å². The molecule has 0 fully saturated rings. The van der Waals surface area contributed by atoms with Crippen molar-refractivity contribution in [3.05, 3.63) is 95.3 Å². The lowest BCUT2D eigenvalue weighted by Crippen LogP contribution is -2.17. The van der Waals surface area contributed by atoms with Gasteiger partial charge in [0.1, 0.15) is 23.6 Å². The van der Waals surface area contributed by atoms with Gasteiger partial charge in [-0.25, -0.2) is 9.18 Å². The molecule has 2 N–H and O–H groups in total. The second-order valence-electron chi connectivity index (χ2n) is 7.09. The third kappa shape index (κ3) is 10.3. The van der Waals surface area contributed by atoms with Crippen molar-refractivity contribution in [1.29, 1.82) is 0 Å². The molecule has 7 heteroatoms. The monoisotopic (exact) mass is 493 g/mol. The normalized spacial score (nSPS) is 10.1. The van der Waals surface area contributed by atoms with E-state index >= 15 is 0 Å². The second kappa shape index (κ2) is 16.4. The number of carboxylic acids is 1. The maximum Gasteiger partial charge on any atom is 0.336 e. The molecule has 36 heavy (non-hydrogen) atoms. The summed E-state index contributed by atoms with van der Waals surface area (Å²) in [5, 5.41) is 12.2. The molecule has 3 rings (SSSR count). The number of aliphatic carboxylic acids is 1. The van der Waals surface area contributed by atoms with Gasteiger partial charge in [0.05, 0.1) is 5.57 Å². The van der Waals surface area contributed by atoms with E-state index in [1.165, 1.54) is 37.3 Å². The topological polar surface area (TPSA) is 92.7 Å². The second-order valence-corrected chi connectivity index (χ2v) is 7.09. The Bertz CT molecular complexity index is 1120. The van der Waals surface area contributed by atoms with E-state index in [1.807, 2.05) is 38.1 Å². The highest BCUT2D eigenvalue weighted by molar-refractivity contribution is 6.20. The SMILES string of the molecule is CC.CC=O.CNC(=O)CCc1ccc(Oc2ccc(/C(=C\c3ccc(F)cc3)C(=O)O)cc2)cc1. The minimum atomic E-state index is -1.08. The van der Waals surface area contributed by atoms with Crippen LogP contribution in [0.3, 0.4) is 0 Å². The number of benzene rings is 3. The van der Waals surface area contributed by atoms with Crippen molar-refractivity contribution < 1.29 is 28.6 Å². The number of aryl methyl sites for hydroxylation is 1. The number of hydrogen-bond acceptors (Lipinski definition) is 4. The maximum absolute atomic E-state index is 13.1. The Morgan fingerprint density at radius 2 is 1.42 bits per heavy atom. The highest BCUT2D eigenvalue weighted by atomic mass is 19.1. The Kier molecular flexibility index (Phi) is 13.5. The summed E-state index contributed by atoms with van der Waals surface area (Å²) in [6.45, 7) is 5.44. The van der Waals surface area contributed by atoms with Gasteiger partial charge in [0.15, 0.2) is 0 Å². The number of hydrogen-bond donors (Lipinski definition) is 2. The summed E-state index contributed by atoms with van der Waals surface area (Å²) < 4.78 is 18.9. The van der Waals surface area contributed by atoms with Gasteiger partial charge in [-0.1, -0.05) is 50.2 Å². The number of carbonyl (C=O) groups is 3. The number of nitrogens with one attached hydrogen (secondary N) is 1. The molecule has 0 aromatic heterocycles. The molecule has 0 atom stereocenters. The smallest absolute Gasteiger partial charge is 0.336 e. The molecular weight excluding hydrogens is 461 g/mol. The molecule has 6 nitrogen and oxygen atoms in total. The first kappa shape index (κ1) is 29.8. The van der Waals surface area contributed by atoms with Crippen molar-refractivity contribution in [2.75, 3.05) is 7.05 Å². The van der Waals surface area contributed by atoms with Crippen LogP contribution in [-0.4, -0.2) is 30.3 Å². The number of rotatable bonds is 8. The molecule has 0 spiro atoms. The number of halogens is 1. The Morgan fingerprint density at radius 3 is 1.89 bits per heavy atom. The average molecular weight is 494 g/mol. The molecule has 0 heterocycles. The molecule has 0 aliphatic rings. The molecule has 3 aromatic rings. The van der Waals surface area contributed by atoms with E-state index in [9.17, 15) is 19.1 Å². The van der Waals surface area contributed by atoms with Crippen LogP contribution in [0.2, 0.25) is 0 Å². The summed E-state index contributed by atoms with van der Waals surface area (Å²) >= 11 is 0. The third-order valence-corrected chi connectivity index (χ3v) is 4.66. The zero-order chi connectivity index (χ0) is 26.9. The number of ether oxygens (including phenoxy) is 1. The molecule has 3 aromatic carbocycles. The molecular formula is C29H32FNO5. The van der Waals surface area contributed by atoms with Gasteiger partial charge in [0, 0.05) is 13.5 Å². The highest BCUT2D eigenvalue weighted by Gasteiger charge is 2.11. The Morgan fingerprint density at radius 1 is 0.917 bits per heavy atom. The maximum atomic E-state index is 13.1. The van der Waals surface area contributed by atoms with E-state index in [-0.39, 0.29) is 17.3 Å². The van der Waals surface area contributed by atoms with Crippen LogP contribution in [-0.2, 0) is 20.8 Å². The van der Waals surface area contributed by atoms with Crippen molar-refractivity contribution in [3.63, 3.8) is 0 Å². The van der Waals surface area contributed by atoms with Crippen LogP contribution in [0.25, 0.3) is 11.6 Å². The van der Waals surface area contributed by atoms with E-state index in [0.29, 0.717) is 35.5 Å². The fraction of sp³-hybridized carbons (Fsp3) is 0.207. The van der Waals surface area contributed by atoms with Crippen molar-refractivity contribution in [3.8, 4) is 11.5 Å². The molecule has 190 valence electrons. The van der Waals surface area contributed by atoms with Crippen LogP contribution in [0.15, 0.2) is 72.8 Å². The summed E-state index contributed by atoms with van der Waals surface area (Å²) in [7, 11) is 1.61. The van der Waals surface area contributed by atoms with E-state index in [1.54, 1.807) is 31.3 Å². The number of amides is 1. The summed E-state index contributed by atoms with van der Waals surface area (Å²) in [5.74, 6) is -0.264. The zero-order valence-corrected chi connectivity index (χ0v) is 21.0. The number of carboxylic acid groups (broad SMARTS) is 1. The van der Waals surface area contributed by atoms with Gasteiger partial charge >= 0.3 is 5.97 Å². The van der Waals surface area contributed by atoms with E-state index in [0.717, 1.165) is 11.8 Å². The van der Waals surface area contributed by atoms with Gasteiger partial charge in [0.25, 0.3) is 0 Å². The van der Waals surface area contributed by atoms with Crippen LogP contribution in [0.1, 0.15) is 43.9 Å². The summed E-state index contributed by atoms with van der Waals surface area (Å²) in [6.07, 6.45) is 3.32. The number of aldehydes is 1. The van der Waals surface area contributed by atoms with E-state index < -0.39 is 5.97 Å². The van der Waals surface area contributed by atoms with Crippen LogP contribution in [0.5, 0.6) is 11.5 Å². The predicted octanol–water partition coefficient (Wildman–Crippen LogP) is 6.15. The lowest BCUT2D eigenvalue weighted by molar-refractivity contribution is -0.130. The molecule has 0 aliphatic heterocycles. The largest absolute Gasteiger partial charge is 0.478 e. The van der Waals surface area contributed by atoms with Crippen molar-refractivity contribution in [2.24, 2.45) is 0 Å². The Labute approximate surface area is 211 Å². The lowest BCUT2D eigenvalue weighted by Gasteiger charge is -2.09. The summed E-state index contributed by atoms with van der Waals surface area (Å²) in [5.41, 5.74) is 2.23. The quantitative estimate of drug-likeness (QED) is 0.223. The molecule has 0 unspecified atom stereocenters. The third-order valence-electron chi connectivity index (χ3n) is 4.66. The highest BCUT2D eigenvalue weighted by Crippen LogP contribution is 2.26. The van der Waals surface area contributed by atoms with Gasteiger partial charge < -0.3 is 20.0 Å². The summed E-state index contributed by atoms with van der Waals surface area (Å²) in [6, 6.07) is 19.8. The fourth-order valence-corrected chi connectivity index (χ4v) is 2.94. The van der Waals surface area contributed by atoms with Gasteiger partial charge in [-0.2, -0.15) is 0 Å². The predicted molar refractivity (Wildman–Crippen MR) is 140 cm³/mol. The average Bonchev–Trinajstić information content (AvgIpc) is 2.90. The van der Waals surface area contributed by atoms with Gasteiger partial charge in [-0.15, -0.1) is 0 Å². The lowest BCUT2D eigenvalue weighted by atomic mass is 10.0. The van der Waals surface area contributed by atoms with Crippen LogP contribution >= 0.6 is 0 Å². The fourth-order valence-electron chi connectivity index (χ4n) is 2.94. The van der Waals surface area contributed by atoms with Gasteiger partial charge in [-0.3, -0.25) is 4.79 Å². The van der Waals surface area contributed by atoms with Gasteiger partial charge in [-0.05, 0) is 72.5 Å². The van der Waals surface area contributed by atoms with Crippen LogP contribution in [0.4, 0.5) is 4.39 Å². The minimum absolute atomic E-state index is 0.00498. The molecule has 0 radical (unpaired) electrons. The van der Waals surface area contributed by atoms with Crippen molar-refractivity contribution in [1.82, 2.24) is 5.32 Å². The first-order chi connectivity index (χ1) is 17.4. The zero-order valence-electron chi connectivity index (χ0n) is 21.0. The Hall–Kier alpha value is -4.26. The van der Waals surface area contributed by atoms with E-state index in [4.69, 9.17) is 9.53 Å². The van der Waals surface area contributed by atoms with E-state index in [2.05, 4.69) is 5.32 Å². The van der Waals surface area contributed by atoms with Crippen molar-refractivity contribution in [2.45, 2.75) is 33.6 Å². The molecule has 0 saturated heterocycles.